The van der Waals surface area contributed by atoms with Gasteiger partial charge >= 0.3 is 6.18 Å². The van der Waals surface area contributed by atoms with Crippen molar-refractivity contribution in [1.29, 1.82) is 0 Å². The highest BCUT2D eigenvalue weighted by Crippen LogP contribution is 2.32. The molecule has 10 heteroatoms. The monoisotopic (exact) mass is 560 g/mol. The van der Waals surface area contributed by atoms with Crippen LogP contribution in [0.1, 0.15) is 32.9 Å². The molecule has 0 spiro atoms. The first kappa shape index (κ1) is 25.0. The lowest BCUT2D eigenvalue weighted by Crippen LogP contribution is -2.24. The number of nitrogens with zero attached hydrogens (tertiary/aromatic N) is 3. The van der Waals surface area contributed by atoms with Crippen LogP contribution in [-0.2, 0) is 18.5 Å². The lowest BCUT2D eigenvalue weighted by Gasteiger charge is -2.13. The molecule has 0 atom stereocenters. The fourth-order valence-corrected chi connectivity index (χ4v) is 4.56. The molecular formula is C25H20BrF3N4OS. The molecule has 5 nitrogen and oxygen atoms in total. The van der Waals surface area contributed by atoms with E-state index in [9.17, 15) is 18.0 Å². The molecule has 0 saturated carbocycles. The molecule has 4 aromatic rings. The fourth-order valence-electron chi connectivity index (χ4n) is 3.37. The van der Waals surface area contributed by atoms with Crippen LogP contribution in [0.5, 0.6) is 0 Å². The van der Waals surface area contributed by atoms with E-state index in [2.05, 4.69) is 31.4 Å². The number of rotatable bonds is 7. The molecule has 0 aliphatic heterocycles. The summed E-state index contributed by atoms with van der Waals surface area (Å²) in [6.07, 6.45) is -4.49. The minimum absolute atomic E-state index is 0.00509. The van der Waals surface area contributed by atoms with Crippen LogP contribution in [0.2, 0.25) is 0 Å². The number of benzene rings is 3. The molecule has 4 rings (SSSR count). The van der Waals surface area contributed by atoms with Crippen molar-refractivity contribution in [3.05, 3.63) is 105 Å². The molecule has 0 saturated heterocycles. The van der Waals surface area contributed by atoms with Crippen molar-refractivity contribution in [2.24, 2.45) is 0 Å². The number of hydrogen-bond donors (Lipinski definition) is 1. The molecule has 180 valence electrons. The summed E-state index contributed by atoms with van der Waals surface area (Å²) in [5.41, 5.74) is 1.94. The van der Waals surface area contributed by atoms with Gasteiger partial charge in [0.2, 0.25) is 0 Å². The lowest BCUT2D eigenvalue weighted by molar-refractivity contribution is -0.137. The van der Waals surface area contributed by atoms with Crippen LogP contribution in [0.15, 0.2) is 82.4 Å². The maximum atomic E-state index is 13.4. The Bertz CT molecular complexity index is 1340. The van der Waals surface area contributed by atoms with Gasteiger partial charge in [-0.25, -0.2) is 0 Å². The van der Waals surface area contributed by atoms with Gasteiger partial charge in [-0.05, 0) is 55.0 Å². The first-order valence-electron chi connectivity index (χ1n) is 10.5. The standard InChI is InChI=1S/C25H20BrF3N4OS/c1-16-4-2-5-18(12-16)23(34)30-14-22-31-32-24(35-15-17-8-10-20(26)11-9-17)33(22)21-7-3-6-19(13-21)25(27,28)29/h2-13H,14-15H2,1H3,(H,30,34). The van der Waals surface area contributed by atoms with Gasteiger partial charge in [0.05, 0.1) is 17.8 Å². The van der Waals surface area contributed by atoms with E-state index in [-0.39, 0.29) is 18.1 Å². The van der Waals surface area contributed by atoms with Gasteiger partial charge in [-0.2, -0.15) is 13.2 Å². The Morgan fingerprint density at radius 3 is 2.49 bits per heavy atom. The third-order valence-electron chi connectivity index (χ3n) is 5.10. The Hall–Kier alpha value is -3.11. The van der Waals surface area contributed by atoms with Gasteiger partial charge in [-0.15, -0.1) is 10.2 Å². The first-order valence-corrected chi connectivity index (χ1v) is 12.3. The summed E-state index contributed by atoms with van der Waals surface area (Å²) in [7, 11) is 0. The van der Waals surface area contributed by atoms with E-state index in [0.717, 1.165) is 27.7 Å². The predicted octanol–water partition coefficient (Wildman–Crippen LogP) is 6.58. The molecule has 0 bridgehead atoms. The number of nitrogens with one attached hydrogen (secondary N) is 1. The number of carbonyl (C=O) groups is 1. The normalized spacial score (nSPS) is 11.5. The third-order valence-corrected chi connectivity index (χ3v) is 6.63. The van der Waals surface area contributed by atoms with Gasteiger partial charge in [-0.1, -0.05) is 63.6 Å². The first-order chi connectivity index (χ1) is 16.7. The molecule has 0 unspecified atom stereocenters. The maximum absolute atomic E-state index is 13.4. The maximum Gasteiger partial charge on any atom is 0.416 e. The van der Waals surface area contributed by atoms with Crippen molar-refractivity contribution in [3.63, 3.8) is 0 Å². The van der Waals surface area contributed by atoms with Crippen LogP contribution in [0.3, 0.4) is 0 Å². The summed E-state index contributed by atoms with van der Waals surface area (Å²) >= 11 is 4.75. The van der Waals surface area contributed by atoms with Crippen LogP contribution in [-0.4, -0.2) is 20.7 Å². The summed E-state index contributed by atoms with van der Waals surface area (Å²) in [5.74, 6) is 0.556. The second-order valence-corrected chi connectivity index (χ2v) is 9.61. The summed E-state index contributed by atoms with van der Waals surface area (Å²) < 4.78 is 42.6. The largest absolute Gasteiger partial charge is 0.416 e. The van der Waals surface area contributed by atoms with E-state index in [1.807, 2.05) is 37.3 Å². The van der Waals surface area contributed by atoms with E-state index in [1.165, 1.54) is 17.8 Å². The number of aromatic nitrogens is 3. The van der Waals surface area contributed by atoms with Crippen molar-refractivity contribution < 1.29 is 18.0 Å². The molecule has 35 heavy (non-hydrogen) atoms. The number of hydrogen-bond acceptors (Lipinski definition) is 4. The van der Waals surface area contributed by atoms with Gasteiger partial charge in [0, 0.05) is 15.8 Å². The van der Waals surface area contributed by atoms with Crippen LogP contribution in [0, 0.1) is 6.92 Å². The van der Waals surface area contributed by atoms with Crippen molar-refractivity contribution in [1.82, 2.24) is 20.1 Å². The van der Waals surface area contributed by atoms with E-state index >= 15 is 0 Å². The smallest absolute Gasteiger partial charge is 0.345 e. The minimum Gasteiger partial charge on any atom is -0.345 e. The Labute approximate surface area is 212 Å². The Morgan fingerprint density at radius 2 is 1.77 bits per heavy atom. The van der Waals surface area contributed by atoms with E-state index in [0.29, 0.717) is 22.3 Å². The topological polar surface area (TPSA) is 59.8 Å². The Balaban J connectivity index is 1.63. The molecule has 1 aromatic heterocycles. The summed E-state index contributed by atoms with van der Waals surface area (Å²) in [5, 5.41) is 11.6. The second-order valence-electron chi connectivity index (χ2n) is 7.75. The van der Waals surface area contributed by atoms with E-state index < -0.39 is 11.7 Å². The predicted molar refractivity (Wildman–Crippen MR) is 132 cm³/mol. The molecule has 0 fully saturated rings. The van der Waals surface area contributed by atoms with Gasteiger partial charge in [0.1, 0.15) is 0 Å². The summed E-state index contributed by atoms with van der Waals surface area (Å²) in [6.45, 7) is 1.88. The molecular weight excluding hydrogens is 541 g/mol. The average Bonchev–Trinajstić information content (AvgIpc) is 3.24. The Kier molecular flexibility index (Phi) is 7.61. The molecule has 1 heterocycles. The molecule has 3 aromatic carbocycles. The highest BCUT2D eigenvalue weighted by molar-refractivity contribution is 9.10. The third kappa shape index (κ3) is 6.32. The van der Waals surface area contributed by atoms with Gasteiger partial charge in [0.15, 0.2) is 11.0 Å². The van der Waals surface area contributed by atoms with Gasteiger partial charge < -0.3 is 5.32 Å². The minimum atomic E-state index is -4.49. The summed E-state index contributed by atoms with van der Waals surface area (Å²) in [6, 6.07) is 19.8. The van der Waals surface area contributed by atoms with Crippen molar-refractivity contribution in [2.45, 2.75) is 30.6 Å². The van der Waals surface area contributed by atoms with Crippen molar-refractivity contribution in [2.75, 3.05) is 0 Å². The van der Waals surface area contributed by atoms with Gasteiger partial charge in [-0.3, -0.25) is 9.36 Å². The zero-order valence-corrected chi connectivity index (χ0v) is 20.9. The number of thioether (sulfide) groups is 1. The van der Waals surface area contributed by atoms with E-state index in [4.69, 9.17) is 0 Å². The summed E-state index contributed by atoms with van der Waals surface area (Å²) in [4.78, 5) is 12.6. The number of amides is 1. The average molecular weight is 561 g/mol. The number of halogens is 4. The highest BCUT2D eigenvalue weighted by Gasteiger charge is 2.31. The zero-order chi connectivity index (χ0) is 25.0. The highest BCUT2D eigenvalue weighted by atomic mass is 79.9. The van der Waals surface area contributed by atoms with Crippen LogP contribution < -0.4 is 5.32 Å². The van der Waals surface area contributed by atoms with Gasteiger partial charge in [0.25, 0.3) is 5.91 Å². The molecule has 1 N–H and O–H groups in total. The van der Waals surface area contributed by atoms with Crippen LogP contribution >= 0.6 is 27.7 Å². The molecule has 0 aliphatic carbocycles. The van der Waals surface area contributed by atoms with Crippen LogP contribution in [0.25, 0.3) is 5.69 Å². The van der Waals surface area contributed by atoms with Crippen LogP contribution in [0.4, 0.5) is 13.2 Å². The molecule has 0 aliphatic rings. The number of carbonyl (C=O) groups excluding carboxylic acids is 1. The number of alkyl halides is 3. The SMILES string of the molecule is Cc1cccc(C(=O)NCc2nnc(SCc3ccc(Br)cc3)n2-c2cccc(C(F)(F)F)c2)c1. The van der Waals surface area contributed by atoms with E-state index in [1.54, 1.807) is 28.8 Å². The number of aryl methyl sites for hydroxylation is 1. The molecule has 0 radical (unpaired) electrons. The van der Waals surface area contributed by atoms with Crippen molar-refractivity contribution >= 4 is 33.6 Å². The lowest BCUT2D eigenvalue weighted by atomic mass is 10.1. The fraction of sp³-hybridized carbons (Fsp3) is 0.160. The Morgan fingerprint density at radius 1 is 1.03 bits per heavy atom. The van der Waals surface area contributed by atoms with Crippen molar-refractivity contribution in [3.8, 4) is 5.69 Å². The quantitative estimate of drug-likeness (QED) is 0.259. The second kappa shape index (κ2) is 10.7. The zero-order valence-electron chi connectivity index (χ0n) is 18.5. The molecule has 1 amide bonds.